The molecule has 0 fully saturated rings. The van der Waals surface area contributed by atoms with Crippen LogP contribution in [0.15, 0.2) is 40.4 Å². The first-order chi connectivity index (χ1) is 7.65. The molecule has 0 N–H and O–H groups in total. The van der Waals surface area contributed by atoms with Gasteiger partial charge in [-0.25, -0.2) is 0 Å². The molecule has 1 aromatic carbocycles. The first-order valence-corrected chi connectivity index (χ1v) is 6.41. The van der Waals surface area contributed by atoms with Gasteiger partial charge in [0.2, 0.25) is 0 Å². The minimum absolute atomic E-state index is 0.191. The van der Waals surface area contributed by atoms with Crippen LogP contribution in [0.2, 0.25) is 0 Å². The molecule has 0 aliphatic carbocycles. The highest BCUT2D eigenvalue weighted by molar-refractivity contribution is 9.10. The second-order valence-corrected chi connectivity index (χ2v) is 4.70. The van der Waals surface area contributed by atoms with E-state index in [1.807, 2.05) is 24.3 Å². The fourth-order valence-corrected chi connectivity index (χ4v) is 2.03. The van der Waals surface area contributed by atoms with Crippen molar-refractivity contribution in [3.05, 3.63) is 46.0 Å². The Balaban J connectivity index is 2.68. The summed E-state index contributed by atoms with van der Waals surface area (Å²) >= 11 is 3.40. The first-order valence-electron chi connectivity index (χ1n) is 5.62. The zero-order chi connectivity index (χ0) is 12.0. The van der Waals surface area contributed by atoms with Crippen LogP contribution in [0.25, 0.3) is 0 Å². The topological polar surface area (TPSA) is 17.1 Å². The number of hydrogen-bond donors (Lipinski definition) is 0. The number of carbonyl (C=O) groups excluding carboxylic acids is 1. The zero-order valence-corrected chi connectivity index (χ0v) is 11.4. The molecule has 1 aromatic rings. The van der Waals surface area contributed by atoms with Gasteiger partial charge in [0.15, 0.2) is 5.78 Å². The number of carbonyl (C=O) groups is 1. The van der Waals surface area contributed by atoms with Gasteiger partial charge in [0.1, 0.15) is 0 Å². The second-order valence-electron chi connectivity index (χ2n) is 3.78. The Hall–Kier alpha value is -0.890. The van der Waals surface area contributed by atoms with E-state index in [2.05, 4.69) is 29.8 Å². The number of hydrogen-bond acceptors (Lipinski definition) is 1. The maximum Gasteiger partial charge on any atom is 0.160 e. The summed E-state index contributed by atoms with van der Waals surface area (Å²) in [5.41, 5.74) is 2.28. The molecule has 0 saturated carbocycles. The molecule has 0 amide bonds. The molecule has 86 valence electrons. The van der Waals surface area contributed by atoms with Crippen LogP contribution in [0, 0.1) is 0 Å². The van der Waals surface area contributed by atoms with Gasteiger partial charge in [-0.05, 0) is 36.6 Å². The van der Waals surface area contributed by atoms with Gasteiger partial charge in [-0.1, -0.05) is 47.5 Å². The summed E-state index contributed by atoms with van der Waals surface area (Å²) in [6.45, 7) is 4.17. The summed E-state index contributed by atoms with van der Waals surface area (Å²) in [6.07, 6.45) is 4.20. The Kier molecular flexibility index (Phi) is 5.47. The molecular weight excluding hydrogens is 264 g/mol. The summed E-state index contributed by atoms with van der Waals surface area (Å²) in [7, 11) is 0. The van der Waals surface area contributed by atoms with Gasteiger partial charge in [0.05, 0.1) is 0 Å². The number of halogens is 1. The smallest absolute Gasteiger partial charge is 0.160 e. The van der Waals surface area contributed by atoms with Gasteiger partial charge in [-0.15, -0.1) is 0 Å². The van der Waals surface area contributed by atoms with Crippen molar-refractivity contribution in [2.45, 2.75) is 33.1 Å². The van der Waals surface area contributed by atoms with Gasteiger partial charge in [-0.2, -0.15) is 0 Å². The van der Waals surface area contributed by atoms with Crippen molar-refractivity contribution >= 4 is 21.7 Å². The van der Waals surface area contributed by atoms with E-state index in [0.29, 0.717) is 6.42 Å². The number of ketones is 1. The van der Waals surface area contributed by atoms with Crippen LogP contribution in [-0.4, -0.2) is 5.78 Å². The average molecular weight is 281 g/mol. The molecular formula is C14H17BrO. The van der Waals surface area contributed by atoms with Crippen LogP contribution in [0.1, 0.15) is 32.3 Å². The van der Waals surface area contributed by atoms with Crippen LogP contribution in [-0.2, 0) is 11.2 Å². The Bertz CT molecular complexity index is 387. The van der Waals surface area contributed by atoms with Gasteiger partial charge in [0.25, 0.3) is 0 Å². The first kappa shape index (κ1) is 13.2. The van der Waals surface area contributed by atoms with Crippen LogP contribution in [0.3, 0.4) is 0 Å². The molecule has 0 aliphatic heterocycles. The van der Waals surface area contributed by atoms with Crippen molar-refractivity contribution in [1.29, 1.82) is 0 Å². The van der Waals surface area contributed by atoms with Crippen molar-refractivity contribution in [2.24, 2.45) is 0 Å². The summed E-state index contributed by atoms with van der Waals surface area (Å²) in [4.78, 5) is 11.8. The summed E-state index contributed by atoms with van der Waals surface area (Å²) in [6, 6.07) is 7.89. The number of rotatable bonds is 5. The van der Waals surface area contributed by atoms with Crippen LogP contribution in [0.5, 0.6) is 0 Å². The SMILES string of the molecule is CCC(=CC(=O)Cc1cccc(Br)c1)CC. The van der Waals surface area contributed by atoms with E-state index < -0.39 is 0 Å². The molecule has 1 nitrogen and oxygen atoms in total. The third-order valence-corrected chi connectivity index (χ3v) is 3.03. The summed E-state index contributed by atoms with van der Waals surface area (Å²) in [5, 5.41) is 0. The molecule has 0 radical (unpaired) electrons. The lowest BCUT2D eigenvalue weighted by molar-refractivity contribution is -0.114. The van der Waals surface area contributed by atoms with Crippen molar-refractivity contribution in [3.8, 4) is 0 Å². The molecule has 1 rings (SSSR count). The van der Waals surface area contributed by atoms with Gasteiger partial charge < -0.3 is 0 Å². The lowest BCUT2D eigenvalue weighted by Gasteiger charge is -2.01. The highest BCUT2D eigenvalue weighted by Gasteiger charge is 2.02. The van der Waals surface area contributed by atoms with E-state index in [0.717, 1.165) is 22.9 Å². The molecule has 2 heteroatoms. The number of allylic oxidation sites excluding steroid dienone is 2. The minimum Gasteiger partial charge on any atom is -0.294 e. The Morgan fingerprint density at radius 2 is 2.00 bits per heavy atom. The highest BCUT2D eigenvalue weighted by atomic mass is 79.9. The molecule has 0 spiro atoms. The third kappa shape index (κ3) is 4.31. The van der Waals surface area contributed by atoms with Crippen LogP contribution < -0.4 is 0 Å². The lowest BCUT2D eigenvalue weighted by Crippen LogP contribution is -2.00. The van der Waals surface area contributed by atoms with Crippen molar-refractivity contribution in [2.75, 3.05) is 0 Å². The molecule has 0 aliphatic rings. The lowest BCUT2D eigenvalue weighted by atomic mass is 10.0. The molecule has 0 bridgehead atoms. The summed E-state index contributed by atoms with van der Waals surface area (Å²) < 4.78 is 1.02. The van der Waals surface area contributed by atoms with Crippen LogP contribution >= 0.6 is 15.9 Å². The van der Waals surface area contributed by atoms with E-state index in [-0.39, 0.29) is 5.78 Å². The highest BCUT2D eigenvalue weighted by Crippen LogP contribution is 2.13. The predicted octanol–water partition coefficient (Wildman–Crippen LogP) is 4.31. The fraction of sp³-hybridized carbons (Fsp3) is 0.357. The quantitative estimate of drug-likeness (QED) is 0.735. The van der Waals surface area contributed by atoms with Gasteiger partial charge in [0, 0.05) is 10.9 Å². The number of benzene rings is 1. The molecule has 0 unspecified atom stereocenters. The summed E-state index contributed by atoms with van der Waals surface area (Å²) in [5.74, 6) is 0.191. The van der Waals surface area contributed by atoms with Crippen LogP contribution in [0.4, 0.5) is 0 Å². The van der Waals surface area contributed by atoms with E-state index in [1.54, 1.807) is 6.08 Å². The van der Waals surface area contributed by atoms with Crippen molar-refractivity contribution in [3.63, 3.8) is 0 Å². The molecule has 0 saturated heterocycles. The van der Waals surface area contributed by atoms with E-state index in [9.17, 15) is 4.79 Å². The minimum atomic E-state index is 0.191. The molecule has 0 heterocycles. The Morgan fingerprint density at radius 3 is 2.56 bits per heavy atom. The maximum atomic E-state index is 11.8. The van der Waals surface area contributed by atoms with E-state index in [4.69, 9.17) is 0 Å². The molecule has 0 atom stereocenters. The standard InChI is InChI=1S/C14H17BrO/c1-3-11(4-2)9-14(16)10-12-6-5-7-13(15)8-12/h5-9H,3-4,10H2,1-2H3. The van der Waals surface area contributed by atoms with Gasteiger partial charge >= 0.3 is 0 Å². The van der Waals surface area contributed by atoms with Crippen molar-refractivity contribution < 1.29 is 4.79 Å². The molecule has 16 heavy (non-hydrogen) atoms. The largest absolute Gasteiger partial charge is 0.294 e. The Morgan fingerprint density at radius 1 is 1.31 bits per heavy atom. The third-order valence-electron chi connectivity index (χ3n) is 2.54. The van der Waals surface area contributed by atoms with Crippen molar-refractivity contribution in [1.82, 2.24) is 0 Å². The fourth-order valence-electron chi connectivity index (χ4n) is 1.58. The monoisotopic (exact) mass is 280 g/mol. The predicted molar refractivity (Wildman–Crippen MR) is 71.5 cm³/mol. The van der Waals surface area contributed by atoms with E-state index >= 15 is 0 Å². The maximum absolute atomic E-state index is 11.8. The zero-order valence-electron chi connectivity index (χ0n) is 9.79. The van der Waals surface area contributed by atoms with E-state index in [1.165, 1.54) is 5.57 Å². The normalized spacial score (nSPS) is 9.94. The van der Waals surface area contributed by atoms with Gasteiger partial charge in [-0.3, -0.25) is 4.79 Å². The second kappa shape index (κ2) is 6.64. The Labute approximate surface area is 106 Å². The molecule has 0 aromatic heterocycles. The average Bonchev–Trinajstić information content (AvgIpc) is 2.26.